The fourth-order valence-corrected chi connectivity index (χ4v) is 1.97. The highest BCUT2D eigenvalue weighted by molar-refractivity contribution is 6.13. The molecule has 0 unspecified atom stereocenters. The van der Waals surface area contributed by atoms with Gasteiger partial charge in [0, 0.05) is 5.56 Å². The van der Waals surface area contributed by atoms with Crippen LogP contribution in [-0.4, -0.2) is 5.71 Å². The van der Waals surface area contributed by atoms with Crippen LogP contribution in [0.3, 0.4) is 0 Å². The Hall–Kier alpha value is -1.37. The first-order valence-electron chi connectivity index (χ1n) is 4.27. The molecule has 1 nitrogen and oxygen atoms in total. The van der Waals surface area contributed by atoms with Crippen LogP contribution in [0, 0.1) is 0 Å². The second-order valence-electron chi connectivity index (χ2n) is 3.26. The van der Waals surface area contributed by atoms with E-state index in [1.165, 1.54) is 22.4 Å². The molecule has 0 spiro atoms. The van der Waals surface area contributed by atoms with Gasteiger partial charge in [0.1, 0.15) is 0 Å². The summed E-state index contributed by atoms with van der Waals surface area (Å²) in [7, 11) is 0. The van der Waals surface area contributed by atoms with Gasteiger partial charge in [-0.25, -0.2) is 0 Å². The molecule has 0 saturated carbocycles. The van der Waals surface area contributed by atoms with E-state index in [4.69, 9.17) is 0 Å². The van der Waals surface area contributed by atoms with Crippen molar-refractivity contribution in [2.24, 2.45) is 4.99 Å². The normalized spacial score (nSPS) is 17.5. The largest absolute Gasteiger partial charge is 0.280 e. The highest BCUT2D eigenvalue weighted by Crippen LogP contribution is 2.26. The smallest absolute Gasteiger partial charge is 0.0654 e. The molecule has 1 heteroatoms. The van der Waals surface area contributed by atoms with Gasteiger partial charge in [-0.1, -0.05) is 24.3 Å². The molecule has 0 saturated heterocycles. The van der Waals surface area contributed by atoms with Crippen molar-refractivity contribution in [1.82, 2.24) is 0 Å². The number of benzene rings is 1. The van der Waals surface area contributed by atoms with Gasteiger partial charge in [0.25, 0.3) is 0 Å². The van der Waals surface area contributed by atoms with Crippen LogP contribution in [0.25, 0.3) is 0 Å². The number of aliphatic imine (C=N–C) groups is 1. The van der Waals surface area contributed by atoms with E-state index >= 15 is 0 Å². The molecule has 1 heterocycles. The van der Waals surface area contributed by atoms with E-state index < -0.39 is 0 Å². The summed E-state index contributed by atoms with van der Waals surface area (Å²) >= 11 is 0. The van der Waals surface area contributed by atoms with E-state index in [-0.39, 0.29) is 0 Å². The predicted octanol–water partition coefficient (Wildman–Crippen LogP) is 2.10. The van der Waals surface area contributed by atoms with E-state index in [0.717, 1.165) is 13.0 Å². The summed E-state index contributed by atoms with van der Waals surface area (Å²) in [6.45, 7) is 0.878. The maximum Gasteiger partial charge on any atom is 0.0654 e. The summed E-state index contributed by atoms with van der Waals surface area (Å²) in [4.78, 5) is 4.46. The maximum absolute atomic E-state index is 4.46. The number of nitrogens with zero attached hydrogens (tertiary/aromatic N) is 1. The lowest BCUT2D eigenvalue weighted by Crippen LogP contribution is -2.04. The van der Waals surface area contributed by atoms with Gasteiger partial charge in [0.2, 0.25) is 0 Å². The molecular weight excluding hydrogens is 146 g/mol. The van der Waals surface area contributed by atoms with Crippen LogP contribution >= 0.6 is 0 Å². The molecule has 2 aliphatic rings. The Balaban J connectivity index is 2.36. The Kier molecular flexibility index (Phi) is 1.06. The van der Waals surface area contributed by atoms with Crippen LogP contribution in [0.5, 0.6) is 0 Å². The molecule has 1 aliphatic heterocycles. The van der Waals surface area contributed by atoms with Crippen molar-refractivity contribution >= 4 is 5.71 Å². The Labute approximate surface area is 71.5 Å². The second-order valence-corrected chi connectivity index (χ2v) is 3.26. The van der Waals surface area contributed by atoms with Crippen LogP contribution in [-0.2, 0) is 13.0 Å². The van der Waals surface area contributed by atoms with Crippen LogP contribution in [0.2, 0.25) is 0 Å². The number of hydrogen-bond acceptors (Lipinski definition) is 1. The number of allylic oxidation sites excluding steroid dienone is 2. The quantitative estimate of drug-likeness (QED) is 0.544. The standard InChI is InChI=1S/C11H9N/c1-3-8-4-2-6-10-11(8)9(5-1)7-12-10/h1-3,5-6H,4,7H2. The third-order valence-corrected chi connectivity index (χ3v) is 2.53. The topological polar surface area (TPSA) is 12.4 Å². The molecule has 0 bridgehead atoms. The first kappa shape index (κ1) is 6.18. The zero-order valence-electron chi connectivity index (χ0n) is 6.75. The van der Waals surface area contributed by atoms with Crippen molar-refractivity contribution in [2.45, 2.75) is 13.0 Å². The summed E-state index contributed by atoms with van der Waals surface area (Å²) in [6, 6.07) is 6.50. The minimum atomic E-state index is 0.878. The molecular formula is C11H9N. The lowest BCUT2D eigenvalue weighted by atomic mass is 9.93. The van der Waals surface area contributed by atoms with Gasteiger partial charge in [0.15, 0.2) is 0 Å². The second kappa shape index (κ2) is 2.07. The summed E-state index contributed by atoms with van der Waals surface area (Å²) in [6.07, 6.45) is 5.40. The number of hydrogen-bond donors (Lipinski definition) is 0. The zero-order chi connectivity index (χ0) is 7.97. The van der Waals surface area contributed by atoms with Gasteiger partial charge in [-0.15, -0.1) is 0 Å². The van der Waals surface area contributed by atoms with E-state index in [2.05, 4.69) is 35.3 Å². The molecule has 0 atom stereocenters. The lowest BCUT2D eigenvalue weighted by Gasteiger charge is -2.10. The Morgan fingerprint density at radius 1 is 1.17 bits per heavy atom. The Morgan fingerprint density at radius 2 is 2.08 bits per heavy atom. The van der Waals surface area contributed by atoms with Gasteiger partial charge in [-0.3, -0.25) is 4.99 Å². The van der Waals surface area contributed by atoms with E-state index in [9.17, 15) is 0 Å². The molecule has 0 aromatic heterocycles. The average molecular weight is 155 g/mol. The molecule has 3 rings (SSSR count). The van der Waals surface area contributed by atoms with Crippen molar-refractivity contribution in [3.63, 3.8) is 0 Å². The average Bonchev–Trinajstić information content (AvgIpc) is 2.52. The van der Waals surface area contributed by atoms with Gasteiger partial charge in [-0.05, 0) is 23.6 Å². The number of rotatable bonds is 0. The fraction of sp³-hybridized carbons (Fsp3) is 0.182. The van der Waals surface area contributed by atoms with Crippen molar-refractivity contribution in [1.29, 1.82) is 0 Å². The van der Waals surface area contributed by atoms with Gasteiger partial charge in [-0.2, -0.15) is 0 Å². The van der Waals surface area contributed by atoms with Crippen LogP contribution in [0.1, 0.15) is 16.7 Å². The van der Waals surface area contributed by atoms with Crippen molar-refractivity contribution in [3.8, 4) is 0 Å². The molecule has 0 radical (unpaired) electrons. The maximum atomic E-state index is 4.46. The summed E-state index contributed by atoms with van der Waals surface area (Å²) in [5.74, 6) is 0. The molecule has 58 valence electrons. The van der Waals surface area contributed by atoms with E-state index in [1.807, 2.05) is 0 Å². The molecule has 0 amide bonds. The SMILES string of the molecule is C1=CC2=NCc3cccc(c32)C1. The first-order valence-corrected chi connectivity index (χ1v) is 4.27. The minimum Gasteiger partial charge on any atom is -0.280 e. The van der Waals surface area contributed by atoms with Crippen molar-refractivity contribution < 1.29 is 0 Å². The minimum absolute atomic E-state index is 0.878. The molecule has 1 aromatic carbocycles. The fourth-order valence-electron chi connectivity index (χ4n) is 1.97. The zero-order valence-corrected chi connectivity index (χ0v) is 6.75. The Bertz CT molecular complexity index is 399. The molecule has 0 N–H and O–H groups in total. The Morgan fingerprint density at radius 3 is 3.08 bits per heavy atom. The molecule has 1 aliphatic carbocycles. The summed E-state index contributed by atoms with van der Waals surface area (Å²) < 4.78 is 0. The van der Waals surface area contributed by atoms with Crippen LogP contribution < -0.4 is 0 Å². The van der Waals surface area contributed by atoms with Crippen LogP contribution in [0.4, 0.5) is 0 Å². The first-order chi connectivity index (χ1) is 5.95. The summed E-state index contributed by atoms with van der Waals surface area (Å²) in [5.41, 5.74) is 5.42. The molecule has 0 fully saturated rings. The van der Waals surface area contributed by atoms with E-state index in [1.54, 1.807) is 0 Å². The van der Waals surface area contributed by atoms with Crippen LogP contribution in [0.15, 0.2) is 35.3 Å². The molecule has 12 heavy (non-hydrogen) atoms. The molecule has 1 aromatic rings. The van der Waals surface area contributed by atoms with Crippen molar-refractivity contribution in [2.75, 3.05) is 0 Å². The highest BCUT2D eigenvalue weighted by atomic mass is 14.8. The highest BCUT2D eigenvalue weighted by Gasteiger charge is 2.18. The van der Waals surface area contributed by atoms with E-state index in [0.29, 0.717) is 0 Å². The van der Waals surface area contributed by atoms with Gasteiger partial charge in [0.05, 0.1) is 12.3 Å². The lowest BCUT2D eigenvalue weighted by molar-refractivity contribution is 1.10. The van der Waals surface area contributed by atoms with Crippen molar-refractivity contribution in [3.05, 3.63) is 47.0 Å². The predicted molar refractivity (Wildman–Crippen MR) is 49.5 cm³/mol. The third-order valence-electron chi connectivity index (χ3n) is 2.53. The monoisotopic (exact) mass is 155 g/mol. The third kappa shape index (κ3) is 0.658. The van der Waals surface area contributed by atoms with Gasteiger partial charge < -0.3 is 0 Å². The van der Waals surface area contributed by atoms with Gasteiger partial charge >= 0.3 is 0 Å². The summed E-state index contributed by atoms with van der Waals surface area (Å²) in [5, 5.41) is 0.